The Hall–Kier alpha value is -2.46. The van der Waals surface area contributed by atoms with Crippen molar-refractivity contribution >= 4 is 18.0 Å². The summed E-state index contributed by atoms with van der Waals surface area (Å²) in [7, 11) is 0. The topological polar surface area (TPSA) is 57.6 Å². The van der Waals surface area contributed by atoms with Crippen LogP contribution in [-0.2, 0) is 21.6 Å². The van der Waals surface area contributed by atoms with Gasteiger partial charge < -0.3 is 5.11 Å². The second-order valence-corrected chi connectivity index (χ2v) is 4.82. The molecule has 0 radical (unpaired) electrons. The summed E-state index contributed by atoms with van der Waals surface area (Å²) in [5.74, 6) is -0.599. The smallest absolute Gasteiger partial charge is 0.270 e. The molecule has 4 nitrogen and oxygen atoms in total. The summed E-state index contributed by atoms with van der Waals surface area (Å²) < 4.78 is 0. The van der Waals surface area contributed by atoms with Crippen LogP contribution in [0.1, 0.15) is 11.1 Å². The molecule has 0 aliphatic carbocycles. The van der Waals surface area contributed by atoms with Crippen LogP contribution in [0, 0.1) is 0 Å². The van der Waals surface area contributed by atoms with E-state index >= 15 is 0 Å². The molecule has 0 saturated heterocycles. The van der Waals surface area contributed by atoms with E-state index in [1.165, 1.54) is 0 Å². The van der Waals surface area contributed by atoms with Gasteiger partial charge in [-0.2, -0.15) is 0 Å². The normalized spacial score (nSPS) is 20.9. The van der Waals surface area contributed by atoms with Gasteiger partial charge in [-0.05, 0) is 11.6 Å². The first-order valence-electron chi connectivity index (χ1n) is 6.31. The Morgan fingerprint density at radius 1 is 1.05 bits per heavy atom. The number of carbonyl (C=O) groups excluding carboxylic acids is 2. The van der Waals surface area contributed by atoms with E-state index in [4.69, 9.17) is 0 Å². The molecule has 20 heavy (non-hydrogen) atoms. The minimum atomic E-state index is -1.68. The van der Waals surface area contributed by atoms with Crippen molar-refractivity contribution in [3.63, 3.8) is 0 Å². The zero-order valence-electron chi connectivity index (χ0n) is 10.7. The van der Waals surface area contributed by atoms with Gasteiger partial charge in [-0.1, -0.05) is 48.5 Å². The minimum Gasteiger partial charge on any atom is -0.375 e. The van der Waals surface area contributed by atoms with Crippen molar-refractivity contribution in [3.8, 4) is 0 Å². The average molecular weight is 267 g/mol. The lowest BCUT2D eigenvalue weighted by molar-refractivity contribution is -0.137. The molecule has 2 aromatic carbocycles. The minimum absolute atomic E-state index is 0.147. The third-order valence-corrected chi connectivity index (χ3v) is 3.59. The van der Waals surface area contributed by atoms with E-state index in [1.807, 2.05) is 30.3 Å². The van der Waals surface area contributed by atoms with Gasteiger partial charge in [-0.15, -0.1) is 0 Å². The molecule has 100 valence electrons. The molecule has 0 bridgehead atoms. The summed E-state index contributed by atoms with van der Waals surface area (Å²) in [6, 6.07) is 16.1. The number of aliphatic hydroxyl groups is 1. The van der Waals surface area contributed by atoms with Gasteiger partial charge in [0.15, 0.2) is 5.60 Å². The first kappa shape index (κ1) is 12.6. The van der Waals surface area contributed by atoms with E-state index in [0.29, 0.717) is 17.7 Å². The largest absolute Gasteiger partial charge is 0.375 e. The average Bonchev–Trinajstić information content (AvgIpc) is 2.69. The quantitative estimate of drug-likeness (QED) is 0.860. The summed E-state index contributed by atoms with van der Waals surface area (Å²) in [5, 5.41) is 10.8. The van der Waals surface area contributed by atoms with Gasteiger partial charge in [0.25, 0.3) is 5.91 Å². The Labute approximate surface area is 116 Å². The fraction of sp³-hybridized carbons (Fsp3) is 0.125. The number of amides is 2. The molecule has 1 atom stereocenters. The molecule has 2 amide bonds. The predicted octanol–water partition coefficient (Wildman–Crippen LogP) is 1.62. The Balaban J connectivity index is 2.09. The first-order chi connectivity index (χ1) is 9.66. The van der Waals surface area contributed by atoms with E-state index in [0.717, 1.165) is 10.5 Å². The number of carbonyl (C=O) groups is 2. The molecule has 4 heteroatoms. The molecular weight excluding hydrogens is 254 g/mol. The molecule has 1 N–H and O–H groups in total. The van der Waals surface area contributed by atoms with Crippen LogP contribution in [0.25, 0.3) is 0 Å². The molecule has 0 spiro atoms. The van der Waals surface area contributed by atoms with Crippen LogP contribution in [0.4, 0.5) is 5.69 Å². The lowest BCUT2D eigenvalue weighted by Crippen LogP contribution is -2.41. The van der Waals surface area contributed by atoms with Crippen LogP contribution in [-0.4, -0.2) is 17.4 Å². The fourth-order valence-corrected chi connectivity index (χ4v) is 2.62. The van der Waals surface area contributed by atoms with Crippen LogP contribution < -0.4 is 4.90 Å². The van der Waals surface area contributed by atoms with E-state index in [9.17, 15) is 14.7 Å². The van der Waals surface area contributed by atoms with Crippen molar-refractivity contribution < 1.29 is 14.7 Å². The van der Waals surface area contributed by atoms with Crippen LogP contribution in [0.2, 0.25) is 0 Å². The van der Waals surface area contributed by atoms with E-state index in [2.05, 4.69) is 0 Å². The summed E-state index contributed by atoms with van der Waals surface area (Å²) >= 11 is 0. The van der Waals surface area contributed by atoms with Crippen molar-refractivity contribution in [2.45, 2.75) is 12.0 Å². The monoisotopic (exact) mass is 267 g/mol. The van der Waals surface area contributed by atoms with Crippen molar-refractivity contribution in [3.05, 3.63) is 65.7 Å². The Morgan fingerprint density at radius 2 is 1.70 bits per heavy atom. The molecule has 0 fully saturated rings. The lowest BCUT2D eigenvalue weighted by atomic mass is 9.88. The maximum absolute atomic E-state index is 12.4. The van der Waals surface area contributed by atoms with Gasteiger partial charge in [0.1, 0.15) is 0 Å². The van der Waals surface area contributed by atoms with Gasteiger partial charge in [0.05, 0.1) is 5.69 Å². The molecular formula is C16H13NO3. The number of imide groups is 1. The highest BCUT2D eigenvalue weighted by Gasteiger charge is 2.49. The highest BCUT2D eigenvalue weighted by Crippen LogP contribution is 2.41. The first-order valence-corrected chi connectivity index (χ1v) is 6.31. The zero-order chi connectivity index (χ0) is 14.2. The molecule has 0 saturated carbocycles. The zero-order valence-corrected chi connectivity index (χ0v) is 10.7. The number of hydrogen-bond donors (Lipinski definition) is 1. The van der Waals surface area contributed by atoms with E-state index in [1.54, 1.807) is 24.3 Å². The standard InChI is InChI=1S/C16H13NO3/c18-11-17-14-9-5-4-8-13(14)16(20,15(17)19)10-12-6-2-1-3-7-12/h1-9,11,20H,10H2. The predicted molar refractivity (Wildman–Crippen MR) is 74.0 cm³/mol. The van der Waals surface area contributed by atoms with Gasteiger partial charge in [0, 0.05) is 12.0 Å². The van der Waals surface area contributed by atoms with E-state index < -0.39 is 11.5 Å². The molecule has 2 aromatic rings. The van der Waals surface area contributed by atoms with Gasteiger partial charge in [0.2, 0.25) is 6.41 Å². The van der Waals surface area contributed by atoms with Crippen molar-refractivity contribution in [1.82, 2.24) is 0 Å². The second kappa shape index (κ2) is 4.58. The van der Waals surface area contributed by atoms with Gasteiger partial charge in [-0.3, -0.25) is 9.59 Å². The van der Waals surface area contributed by atoms with Crippen molar-refractivity contribution in [2.75, 3.05) is 4.90 Å². The van der Waals surface area contributed by atoms with Crippen LogP contribution in [0.15, 0.2) is 54.6 Å². The van der Waals surface area contributed by atoms with E-state index in [-0.39, 0.29) is 6.42 Å². The maximum atomic E-state index is 12.4. The Morgan fingerprint density at radius 3 is 2.40 bits per heavy atom. The number of nitrogens with zero attached hydrogens (tertiary/aromatic N) is 1. The van der Waals surface area contributed by atoms with Crippen LogP contribution in [0.5, 0.6) is 0 Å². The summed E-state index contributed by atoms with van der Waals surface area (Å²) in [5.41, 5.74) is 0.0801. The number of hydrogen-bond acceptors (Lipinski definition) is 3. The molecule has 1 unspecified atom stereocenters. The molecule has 3 rings (SSSR count). The fourth-order valence-electron chi connectivity index (χ4n) is 2.62. The van der Waals surface area contributed by atoms with Crippen molar-refractivity contribution in [1.29, 1.82) is 0 Å². The lowest BCUT2D eigenvalue weighted by Gasteiger charge is -2.21. The van der Waals surface area contributed by atoms with Gasteiger partial charge >= 0.3 is 0 Å². The summed E-state index contributed by atoms with van der Waals surface area (Å²) in [6.45, 7) is 0. The van der Waals surface area contributed by atoms with Crippen molar-refractivity contribution in [2.24, 2.45) is 0 Å². The highest BCUT2D eigenvalue weighted by atomic mass is 16.3. The Bertz CT molecular complexity index is 668. The molecule has 1 aliphatic rings. The number of benzene rings is 2. The molecule has 1 heterocycles. The second-order valence-electron chi connectivity index (χ2n) is 4.82. The summed E-state index contributed by atoms with van der Waals surface area (Å²) in [6.07, 6.45) is 0.595. The summed E-state index contributed by atoms with van der Waals surface area (Å²) in [4.78, 5) is 24.4. The molecule has 0 aromatic heterocycles. The number of para-hydroxylation sites is 1. The van der Waals surface area contributed by atoms with Crippen LogP contribution in [0.3, 0.4) is 0 Å². The maximum Gasteiger partial charge on any atom is 0.270 e. The molecule has 1 aliphatic heterocycles. The third kappa shape index (κ3) is 1.73. The highest BCUT2D eigenvalue weighted by molar-refractivity contribution is 6.16. The number of fused-ring (bicyclic) bond motifs is 1. The van der Waals surface area contributed by atoms with Gasteiger partial charge in [-0.25, -0.2) is 4.90 Å². The SMILES string of the molecule is O=CN1C(=O)C(O)(Cc2ccccc2)c2ccccc21. The number of rotatable bonds is 3. The van der Waals surface area contributed by atoms with Crippen LogP contribution >= 0.6 is 0 Å². The number of anilines is 1. The Kier molecular flexibility index (Phi) is 2.88. The third-order valence-electron chi connectivity index (χ3n) is 3.59.